The molecule has 0 heterocycles. The number of hydrogen-bond acceptors (Lipinski definition) is 2. The van der Waals surface area contributed by atoms with Crippen LogP contribution >= 0.6 is 0 Å². The Labute approximate surface area is 124 Å². The van der Waals surface area contributed by atoms with Gasteiger partial charge in [0.25, 0.3) is 0 Å². The van der Waals surface area contributed by atoms with Crippen LogP contribution in [0.1, 0.15) is 44.4 Å². The molecule has 0 aliphatic carbocycles. The quantitative estimate of drug-likeness (QED) is 0.778. The van der Waals surface area contributed by atoms with Crippen molar-refractivity contribution in [1.82, 2.24) is 5.32 Å². The number of ether oxygens (including phenoxy) is 1. The third kappa shape index (κ3) is 4.60. The zero-order chi connectivity index (χ0) is 15.1. The van der Waals surface area contributed by atoms with E-state index in [1.54, 1.807) is 0 Å². The summed E-state index contributed by atoms with van der Waals surface area (Å²) in [5, 5.41) is 3.63. The molecule has 1 aromatic rings. The van der Waals surface area contributed by atoms with Crippen molar-refractivity contribution in [1.29, 1.82) is 0 Å². The van der Waals surface area contributed by atoms with E-state index in [-0.39, 0.29) is 6.10 Å². The zero-order valence-electron chi connectivity index (χ0n) is 14.0. The first-order chi connectivity index (χ1) is 9.51. The van der Waals surface area contributed by atoms with Crippen LogP contribution in [0.2, 0.25) is 0 Å². The van der Waals surface area contributed by atoms with E-state index < -0.39 is 0 Å². The van der Waals surface area contributed by atoms with E-state index >= 15 is 0 Å². The van der Waals surface area contributed by atoms with Gasteiger partial charge in [-0.1, -0.05) is 39.0 Å². The van der Waals surface area contributed by atoms with Gasteiger partial charge in [0.15, 0.2) is 0 Å². The van der Waals surface area contributed by atoms with E-state index in [1.165, 1.54) is 16.7 Å². The van der Waals surface area contributed by atoms with Crippen LogP contribution in [0, 0.1) is 19.8 Å². The molecule has 0 spiro atoms. The monoisotopic (exact) mass is 277 g/mol. The summed E-state index contributed by atoms with van der Waals surface area (Å²) in [6, 6.07) is 6.92. The van der Waals surface area contributed by atoms with Gasteiger partial charge in [-0.15, -0.1) is 0 Å². The van der Waals surface area contributed by atoms with E-state index in [4.69, 9.17) is 4.74 Å². The van der Waals surface area contributed by atoms with E-state index in [9.17, 15) is 0 Å². The van der Waals surface area contributed by atoms with Crippen LogP contribution in [0.3, 0.4) is 0 Å². The van der Waals surface area contributed by atoms with Crippen molar-refractivity contribution in [3.8, 4) is 0 Å². The molecule has 0 aliphatic rings. The number of nitrogens with one attached hydrogen (secondary N) is 1. The fourth-order valence-electron chi connectivity index (χ4n) is 2.92. The predicted molar refractivity (Wildman–Crippen MR) is 87.3 cm³/mol. The molecule has 0 amide bonds. The highest BCUT2D eigenvalue weighted by Crippen LogP contribution is 2.20. The third-order valence-corrected chi connectivity index (χ3v) is 3.95. The Bertz CT molecular complexity index is 380. The molecular formula is C18H31NO. The van der Waals surface area contributed by atoms with Crippen molar-refractivity contribution < 1.29 is 4.74 Å². The average molecular weight is 277 g/mol. The van der Waals surface area contributed by atoms with E-state index in [0.29, 0.717) is 12.0 Å². The van der Waals surface area contributed by atoms with Crippen molar-refractivity contribution in [2.45, 2.75) is 60.1 Å². The molecule has 1 rings (SSSR count). The number of benzene rings is 1. The first-order valence-electron chi connectivity index (χ1n) is 7.91. The topological polar surface area (TPSA) is 21.3 Å². The number of likely N-dealkylation sites (N-methyl/N-ethyl adjacent to an activating group) is 1. The molecule has 20 heavy (non-hydrogen) atoms. The Kier molecular flexibility index (Phi) is 7.25. The molecule has 114 valence electrons. The van der Waals surface area contributed by atoms with E-state index in [0.717, 1.165) is 19.6 Å². The number of aryl methyl sites for hydroxylation is 2. The maximum Gasteiger partial charge on any atom is 0.0753 e. The van der Waals surface area contributed by atoms with Gasteiger partial charge in [-0.3, -0.25) is 0 Å². The largest absolute Gasteiger partial charge is 0.377 e. The molecule has 2 nitrogen and oxygen atoms in total. The second kappa shape index (κ2) is 8.43. The lowest BCUT2D eigenvalue weighted by atomic mass is 9.90. The fourth-order valence-corrected chi connectivity index (χ4v) is 2.92. The predicted octanol–water partition coefficient (Wildman–Crippen LogP) is 3.89. The van der Waals surface area contributed by atoms with Gasteiger partial charge in [-0.25, -0.2) is 0 Å². The van der Waals surface area contributed by atoms with Gasteiger partial charge in [0, 0.05) is 12.6 Å². The molecule has 0 aliphatic heterocycles. The lowest BCUT2D eigenvalue weighted by Crippen LogP contribution is -2.46. The van der Waals surface area contributed by atoms with Crippen molar-refractivity contribution in [2.24, 2.45) is 5.92 Å². The molecule has 0 bridgehead atoms. The zero-order valence-corrected chi connectivity index (χ0v) is 14.0. The summed E-state index contributed by atoms with van der Waals surface area (Å²) in [5.74, 6) is 0.517. The van der Waals surface area contributed by atoms with Crippen LogP contribution < -0.4 is 5.32 Å². The second-order valence-electron chi connectivity index (χ2n) is 5.90. The summed E-state index contributed by atoms with van der Waals surface area (Å²) in [4.78, 5) is 0. The van der Waals surface area contributed by atoms with Crippen molar-refractivity contribution in [3.63, 3.8) is 0 Å². The van der Waals surface area contributed by atoms with Crippen LogP contribution in [0.4, 0.5) is 0 Å². The van der Waals surface area contributed by atoms with Crippen molar-refractivity contribution in [3.05, 3.63) is 34.9 Å². The van der Waals surface area contributed by atoms with Crippen molar-refractivity contribution >= 4 is 0 Å². The molecule has 0 radical (unpaired) electrons. The lowest BCUT2D eigenvalue weighted by molar-refractivity contribution is 0.00390. The summed E-state index contributed by atoms with van der Waals surface area (Å²) in [5.41, 5.74) is 4.22. The summed E-state index contributed by atoms with van der Waals surface area (Å²) in [7, 11) is 0. The van der Waals surface area contributed by atoms with Gasteiger partial charge < -0.3 is 10.1 Å². The smallest absolute Gasteiger partial charge is 0.0753 e. The minimum Gasteiger partial charge on any atom is -0.377 e. The normalized spacial score (nSPS) is 14.6. The maximum atomic E-state index is 6.01. The SMILES string of the molecule is CCNC(Cc1c(C)cccc1C)C(OCC)C(C)C. The average Bonchev–Trinajstić information content (AvgIpc) is 2.39. The molecule has 0 saturated carbocycles. The van der Waals surface area contributed by atoms with Crippen molar-refractivity contribution in [2.75, 3.05) is 13.2 Å². The fraction of sp³-hybridized carbons (Fsp3) is 0.667. The van der Waals surface area contributed by atoms with E-state index in [1.807, 2.05) is 0 Å². The second-order valence-corrected chi connectivity index (χ2v) is 5.90. The van der Waals surface area contributed by atoms with E-state index in [2.05, 4.69) is 65.1 Å². The van der Waals surface area contributed by atoms with Gasteiger partial charge in [0.2, 0.25) is 0 Å². The van der Waals surface area contributed by atoms with Crippen LogP contribution in [0.15, 0.2) is 18.2 Å². The minimum atomic E-state index is 0.263. The van der Waals surface area contributed by atoms with Crippen LogP contribution in [0.25, 0.3) is 0 Å². The molecule has 1 N–H and O–H groups in total. The van der Waals surface area contributed by atoms with Crippen LogP contribution in [0.5, 0.6) is 0 Å². The standard InChI is InChI=1S/C18H31NO/c1-7-19-17(18(13(3)4)20-8-2)12-16-14(5)10-9-11-15(16)6/h9-11,13,17-19H,7-8,12H2,1-6H3. The Morgan fingerprint density at radius 2 is 1.70 bits per heavy atom. The van der Waals surface area contributed by atoms with Gasteiger partial charge in [0.05, 0.1) is 6.10 Å². The molecule has 2 unspecified atom stereocenters. The third-order valence-electron chi connectivity index (χ3n) is 3.95. The summed E-state index contributed by atoms with van der Waals surface area (Å²) in [6.45, 7) is 14.9. The maximum absolute atomic E-state index is 6.01. The molecular weight excluding hydrogens is 246 g/mol. The van der Waals surface area contributed by atoms with Crippen LogP contribution in [-0.2, 0) is 11.2 Å². The first-order valence-corrected chi connectivity index (χ1v) is 7.91. The first kappa shape index (κ1) is 17.2. The summed E-state index contributed by atoms with van der Waals surface area (Å²) < 4.78 is 6.01. The van der Waals surface area contributed by atoms with Gasteiger partial charge >= 0.3 is 0 Å². The Morgan fingerprint density at radius 3 is 2.15 bits per heavy atom. The number of hydrogen-bond donors (Lipinski definition) is 1. The molecule has 0 fully saturated rings. The molecule has 2 atom stereocenters. The Hall–Kier alpha value is -0.860. The molecule has 0 saturated heterocycles. The van der Waals surface area contributed by atoms with Gasteiger partial charge in [-0.05, 0) is 56.3 Å². The highest BCUT2D eigenvalue weighted by Gasteiger charge is 2.25. The van der Waals surface area contributed by atoms with Gasteiger partial charge in [0.1, 0.15) is 0 Å². The van der Waals surface area contributed by atoms with Crippen LogP contribution in [-0.4, -0.2) is 25.3 Å². The highest BCUT2D eigenvalue weighted by atomic mass is 16.5. The molecule has 1 aromatic carbocycles. The molecule has 2 heteroatoms. The number of rotatable bonds is 8. The minimum absolute atomic E-state index is 0.263. The lowest BCUT2D eigenvalue weighted by Gasteiger charge is -2.31. The van der Waals surface area contributed by atoms with Gasteiger partial charge in [-0.2, -0.15) is 0 Å². The molecule has 0 aromatic heterocycles. The summed E-state index contributed by atoms with van der Waals surface area (Å²) >= 11 is 0. The Balaban J connectivity index is 2.95. The highest BCUT2D eigenvalue weighted by molar-refractivity contribution is 5.34. The Morgan fingerprint density at radius 1 is 1.10 bits per heavy atom. The summed E-state index contributed by atoms with van der Waals surface area (Å²) in [6.07, 6.45) is 1.30.